The Labute approximate surface area is 176 Å². The van der Waals surface area contributed by atoms with E-state index in [1.54, 1.807) is 6.26 Å². The summed E-state index contributed by atoms with van der Waals surface area (Å²) in [7, 11) is 4.21. The number of benzene rings is 1. The van der Waals surface area contributed by atoms with E-state index < -0.39 is 0 Å². The number of aromatic nitrogens is 1. The Balaban J connectivity index is 1.82. The van der Waals surface area contributed by atoms with Gasteiger partial charge in [-0.2, -0.15) is 0 Å². The maximum Gasteiger partial charge on any atom is 0.253 e. The van der Waals surface area contributed by atoms with Gasteiger partial charge in [0.25, 0.3) is 5.56 Å². The summed E-state index contributed by atoms with van der Waals surface area (Å²) in [5.41, 5.74) is 3.87. The van der Waals surface area contributed by atoms with Crippen molar-refractivity contribution in [3.05, 3.63) is 69.4 Å². The van der Waals surface area contributed by atoms with Gasteiger partial charge in [0.05, 0.1) is 46.5 Å². The lowest BCUT2D eigenvalue weighted by Crippen LogP contribution is -3.06. The van der Waals surface area contributed by atoms with Gasteiger partial charge in [0.15, 0.2) is 5.11 Å². The molecule has 1 aromatic carbocycles. The van der Waals surface area contributed by atoms with Crippen molar-refractivity contribution in [3.8, 4) is 0 Å². The van der Waals surface area contributed by atoms with E-state index in [2.05, 4.69) is 44.3 Å². The molecule has 29 heavy (non-hydrogen) atoms. The molecule has 3 aromatic rings. The fourth-order valence-corrected chi connectivity index (χ4v) is 3.37. The normalized spacial score (nSPS) is 11.2. The van der Waals surface area contributed by atoms with Gasteiger partial charge in [-0.3, -0.25) is 4.79 Å². The highest BCUT2D eigenvalue weighted by Gasteiger charge is 2.15. The van der Waals surface area contributed by atoms with Crippen LogP contribution in [0.2, 0.25) is 0 Å². The van der Waals surface area contributed by atoms with Gasteiger partial charge in [0.2, 0.25) is 0 Å². The van der Waals surface area contributed by atoms with Crippen molar-refractivity contribution >= 4 is 28.2 Å². The van der Waals surface area contributed by atoms with Crippen molar-refractivity contribution in [1.29, 1.82) is 0 Å². The van der Waals surface area contributed by atoms with Crippen LogP contribution in [0, 0.1) is 13.8 Å². The average molecular weight is 414 g/mol. The van der Waals surface area contributed by atoms with Crippen molar-refractivity contribution < 1.29 is 9.32 Å². The van der Waals surface area contributed by atoms with Crippen LogP contribution in [0.1, 0.15) is 22.5 Å². The van der Waals surface area contributed by atoms with Gasteiger partial charge in [-0.15, -0.1) is 0 Å². The lowest BCUT2D eigenvalue weighted by atomic mass is 10.0. The molecule has 0 unspecified atom stereocenters. The quantitative estimate of drug-likeness (QED) is 0.515. The highest BCUT2D eigenvalue weighted by Crippen LogP contribution is 2.17. The minimum absolute atomic E-state index is 0.0724. The fraction of sp³-hybridized carbons (Fsp3) is 0.364. The zero-order valence-corrected chi connectivity index (χ0v) is 18.3. The van der Waals surface area contributed by atoms with E-state index in [0.29, 0.717) is 23.8 Å². The van der Waals surface area contributed by atoms with E-state index in [9.17, 15) is 4.79 Å². The minimum atomic E-state index is -0.0724. The monoisotopic (exact) mass is 413 g/mol. The summed E-state index contributed by atoms with van der Waals surface area (Å²) in [5, 5.41) is 4.89. The minimum Gasteiger partial charge on any atom is -0.467 e. The molecule has 2 aromatic heterocycles. The highest BCUT2D eigenvalue weighted by molar-refractivity contribution is 7.80. The molecule has 0 aliphatic carbocycles. The number of nitrogens with one attached hydrogen (secondary N) is 3. The molecule has 0 radical (unpaired) electrons. The number of hydrogen-bond donors (Lipinski definition) is 3. The molecular formula is C22H29N4O2S+. The number of aromatic amines is 1. The van der Waals surface area contributed by atoms with Crippen LogP contribution in [0.15, 0.2) is 45.8 Å². The lowest BCUT2D eigenvalue weighted by Gasteiger charge is -2.26. The van der Waals surface area contributed by atoms with E-state index in [1.165, 1.54) is 16.0 Å². The number of likely N-dealkylation sites (N-methyl/N-ethyl adjacent to an activating group) is 1. The molecule has 0 saturated heterocycles. The molecule has 0 saturated carbocycles. The Hall–Kier alpha value is -2.64. The molecule has 2 heterocycles. The second-order valence-corrected chi connectivity index (χ2v) is 8.15. The Morgan fingerprint density at radius 3 is 2.69 bits per heavy atom. The van der Waals surface area contributed by atoms with Gasteiger partial charge in [-0.05, 0) is 72.9 Å². The van der Waals surface area contributed by atoms with Crippen LogP contribution >= 0.6 is 12.2 Å². The van der Waals surface area contributed by atoms with E-state index in [4.69, 9.17) is 16.6 Å². The van der Waals surface area contributed by atoms with Crippen molar-refractivity contribution in [1.82, 2.24) is 15.2 Å². The van der Waals surface area contributed by atoms with Crippen LogP contribution in [0.3, 0.4) is 0 Å². The first-order valence-corrected chi connectivity index (χ1v) is 10.2. The molecule has 154 valence electrons. The SMILES string of the molecule is Cc1cc2cc(CN(CC[NH+](C)C)C(=S)NCc3ccco3)c(=O)[nH]c2cc1C. The maximum absolute atomic E-state index is 12.7. The fourth-order valence-electron chi connectivity index (χ4n) is 3.14. The Kier molecular flexibility index (Phi) is 6.71. The second kappa shape index (κ2) is 9.24. The van der Waals surface area contributed by atoms with Gasteiger partial charge in [0, 0.05) is 11.1 Å². The standard InChI is InChI=1S/C22H28N4O2S/c1-15-10-17-12-18(21(27)24-20(17)11-16(15)2)14-26(8-7-25(3)4)22(29)23-13-19-6-5-9-28-19/h5-6,9-12H,7-8,13-14H2,1-4H3,(H,23,29)(H,24,27)/p+1. The molecule has 0 fully saturated rings. The third-order valence-electron chi connectivity index (χ3n) is 5.06. The molecular weight excluding hydrogens is 384 g/mol. The van der Waals surface area contributed by atoms with E-state index >= 15 is 0 Å². The first-order chi connectivity index (χ1) is 13.8. The summed E-state index contributed by atoms with van der Waals surface area (Å²) < 4.78 is 5.37. The molecule has 0 aliphatic rings. The number of H-pyrrole nitrogens is 1. The topological polar surface area (TPSA) is 65.7 Å². The number of rotatable bonds is 7. The number of aryl methyl sites for hydroxylation is 2. The van der Waals surface area contributed by atoms with Gasteiger partial charge >= 0.3 is 0 Å². The van der Waals surface area contributed by atoms with Crippen LogP contribution in [-0.2, 0) is 13.1 Å². The highest BCUT2D eigenvalue weighted by atomic mass is 32.1. The molecule has 7 heteroatoms. The number of thiocarbonyl (C=S) groups is 1. The molecule has 0 atom stereocenters. The number of hydrogen-bond acceptors (Lipinski definition) is 3. The van der Waals surface area contributed by atoms with E-state index in [0.717, 1.165) is 29.8 Å². The Morgan fingerprint density at radius 1 is 1.24 bits per heavy atom. The zero-order chi connectivity index (χ0) is 21.0. The van der Waals surface area contributed by atoms with Crippen molar-refractivity contribution in [2.45, 2.75) is 26.9 Å². The lowest BCUT2D eigenvalue weighted by molar-refractivity contribution is -0.857. The maximum atomic E-state index is 12.7. The largest absolute Gasteiger partial charge is 0.467 e. The smallest absolute Gasteiger partial charge is 0.253 e. The number of nitrogens with zero attached hydrogens (tertiary/aromatic N) is 1. The van der Waals surface area contributed by atoms with E-state index in [-0.39, 0.29) is 5.56 Å². The van der Waals surface area contributed by atoms with E-state index in [1.807, 2.05) is 29.2 Å². The summed E-state index contributed by atoms with van der Waals surface area (Å²) in [4.78, 5) is 19.1. The van der Waals surface area contributed by atoms with Crippen LogP contribution in [-0.4, -0.2) is 42.2 Å². The third kappa shape index (κ3) is 5.46. The number of furan rings is 1. The number of quaternary nitrogens is 1. The zero-order valence-electron chi connectivity index (χ0n) is 17.5. The summed E-state index contributed by atoms with van der Waals surface area (Å²) in [5.74, 6) is 0.819. The molecule has 0 aliphatic heterocycles. The van der Waals surface area contributed by atoms with Gasteiger partial charge in [-0.1, -0.05) is 0 Å². The Morgan fingerprint density at radius 2 is 2.00 bits per heavy atom. The first kappa shape index (κ1) is 21.1. The predicted octanol–water partition coefficient (Wildman–Crippen LogP) is 1.76. The first-order valence-electron chi connectivity index (χ1n) is 9.81. The van der Waals surface area contributed by atoms with Crippen LogP contribution in [0.4, 0.5) is 0 Å². The number of fused-ring (bicyclic) bond motifs is 1. The average Bonchev–Trinajstić information content (AvgIpc) is 3.18. The second-order valence-electron chi connectivity index (χ2n) is 7.76. The summed E-state index contributed by atoms with van der Waals surface area (Å²) in [6, 6.07) is 9.88. The van der Waals surface area contributed by atoms with Crippen LogP contribution in [0.25, 0.3) is 10.9 Å². The summed E-state index contributed by atoms with van der Waals surface area (Å²) in [6.45, 7) is 6.76. The van der Waals surface area contributed by atoms with Gasteiger partial charge < -0.3 is 24.5 Å². The molecule has 0 amide bonds. The van der Waals surface area contributed by atoms with Crippen molar-refractivity contribution in [2.24, 2.45) is 0 Å². The molecule has 0 bridgehead atoms. The molecule has 3 N–H and O–H groups in total. The third-order valence-corrected chi connectivity index (χ3v) is 5.46. The molecule has 6 nitrogen and oxygen atoms in total. The molecule has 0 spiro atoms. The van der Waals surface area contributed by atoms with Crippen LogP contribution < -0.4 is 15.8 Å². The Bertz CT molecular complexity index is 1040. The van der Waals surface area contributed by atoms with Gasteiger partial charge in [-0.25, -0.2) is 0 Å². The predicted molar refractivity (Wildman–Crippen MR) is 120 cm³/mol. The van der Waals surface area contributed by atoms with Crippen molar-refractivity contribution in [3.63, 3.8) is 0 Å². The van der Waals surface area contributed by atoms with Crippen molar-refractivity contribution in [2.75, 3.05) is 27.2 Å². The van der Waals surface area contributed by atoms with Crippen LogP contribution in [0.5, 0.6) is 0 Å². The number of pyridine rings is 1. The molecule has 3 rings (SSSR count). The van der Waals surface area contributed by atoms with Gasteiger partial charge in [0.1, 0.15) is 5.76 Å². The summed E-state index contributed by atoms with van der Waals surface area (Å²) in [6.07, 6.45) is 1.64. The summed E-state index contributed by atoms with van der Waals surface area (Å²) >= 11 is 5.63.